The molecule has 0 spiro atoms. The van der Waals surface area contributed by atoms with E-state index in [0.717, 1.165) is 23.8 Å². The van der Waals surface area contributed by atoms with E-state index in [1.807, 2.05) is 6.20 Å². The van der Waals surface area contributed by atoms with E-state index in [4.69, 9.17) is 9.47 Å². The topological polar surface area (TPSA) is 74.6 Å². The van der Waals surface area contributed by atoms with Gasteiger partial charge in [0.2, 0.25) is 0 Å². The zero-order valence-corrected chi connectivity index (χ0v) is 14.2. The molecule has 1 aromatic heterocycles. The van der Waals surface area contributed by atoms with Gasteiger partial charge in [0.05, 0.1) is 24.7 Å². The first-order valence-electron chi connectivity index (χ1n) is 7.66. The number of rotatable bonds is 5. The fourth-order valence-corrected chi connectivity index (χ4v) is 3.27. The lowest BCUT2D eigenvalue weighted by atomic mass is 10.1. The Morgan fingerprint density at radius 2 is 2.08 bits per heavy atom. The predicted octanol–water partition coefficient (Wildman–Crippen LogP) is 1.40. The van der Waals surface area contributed by atoms with Gasteiger partial charge in [-0.1, -0.05) is 6.07 Å². The Labute approximate surface area is 140 Å². The van der Waals surface area contributed by atoms with Crippen molar-refractivity contribution in [3.05, 3.63) is 58.0 Å². The van der Waals surface area contributed by atoms with Crippen LogP contribution in [0.3, 0.4) is 0 Å². The number of ether oxygens (including phenoxy) is 2. The second kappa shape index (κ2) is 6.78. The highest BCUT2D eigenvalue weighted by molar-refractivity contribution is 7.90. The predicted molar refractivity (Wildman–Crippen MR) is 89.1 cm³/mol. The number of nitrogens with zero attached hydrogens (tertiary/aromatic N) is 1. The van der Waals surface area contributed by atoms with Crippen molar-refractivity contribution in [1.29, 1.82) is 0 Å². The van der Waals surface area contributed by atoms with Crippen LogP contribution in [0.5, 0.6) is 5.75 Å². The number of benzene rings is 1. The Bertz CT molecular complexity index is 901. The van der Waals surface area contributed by atoms with Gasteiger partial charge in [-0.3, -0.25) is 4.79 Å². The van der Waals surface area contributed by atoms with Crippen molar-refractivity contribution in [2.24, 2.45) is 0 Å². The standard InChI is InChI=1S/C17H19NO5S/c1-24(20,21)16-4-2-3-15(10-16)23-8-6-18-11-14-12-22-7-5-13(14)9-17(18)19/h2-4,9-11H,5-8,12H2,1H3. The van der Waals surface area contributed by atoms with Crippen molar-refractivity contribution in [2.75, 3.05) is 19.5 Å². The molecule has 0 saturated heterocycles. The maximum absolute atomic E-state index is 12.1. The van der Waals surface area contributed by atoms with Crippen LogP contribution in [0.15, 0.2) is 46.2 Å². The molecule has 0 fully saturated rings. The average Bonchev–Trinajstić information content (AvgIpc) is 2.55. The van der Waals surface area contributed by atoms with Gasteiger partial charge in [0.1, 0.15) is 12.4 Å². The van der Waals surface area contributed by atoms with Gasteiger partial charge in [-0.2, -0.15) is 0 Å². The van der Waals surface area contributed by atoms with Crippen LogP contribution in [0.4, 0.5) is 0 Å². The van der Waals surface area contributed by atoms with E-state index < -0.39 is 9.84 Å². The van der Waals surface area contributed by atoms with Crippen molar-refractivity contribution in [1.82, 2.24) is 4.57 Å². The normalized spacial score (nSPS) is 14.2. The third kappa shape index (κ3) is 3.85. The van der Waals surface area contributed by atoms with E-state index in [-0.39, 0.29) is 17.1 Å². The Hall–Kier alpha value is -2.12. The molecule has 1 aliphatic rings. The summed E-state index contributed by atoms with van der Waals surface area (Å²) in [5.41, 5.74) is 2.01. The molecule has 6 nitrogen and oxygen atoms in total. The fraction of sp³-hybridized carbons (Fsp3) is 0.353. The first-order valence-corrected chi connectivity index (χ1v) is 9.55. The molecule has 0 bridgehead atoms. The van der Waals surface area contributed by atoms with Gasteiger partial charge >= 0.3 is 0 Å². The van der Waals surface area contributed by atoms with Crippen molar-refractivity contribution in [3.8, 4) is 5.75 Å². The van der Waals surface area contributed by atoms with Crippen LogP contribution >= 0.6 is 0 Å². The van der Waals surface area contributed by atoms with Crippen molar-refractivity contribution >= 4 is 9.84 Å². The summed E-state index contributed by atoms with van der Waals surface area (Å²) in [5.74, 6) is 0.465. The Morgan fingerprint density at radius 1 is 1.25 bits per heavy atom. The summed E-state index contributed by atoms with van der Waals surface area (Å²) in [6.45, 7) is 1.82. The molecular weight excluding hydrogens is 330 g/mol. The maximum Gasteiger partial charge on any atom is 0.250 e. The number of sulfone groups is 1. The molecule has 0 aliphatic carbocycles. The molecule has 2 heterocycles. The van der Waals surface area contributed by atoms with Gasteiger partial charge in [0, 0.05) is 18.5 Å². The van der Waals surface area contributed by atoms with E-state index in [9.17, 15) is 13.2 Å². The average molecular weight is 349 g/mol. The first-order chi connectivity index (χ1) is 11.4. The van der Waals surface area contributed by atoms with Gasteiger partial charge in [-0.05, 0) is 35.7 Å². The van der Waals surface area contributed by atoms with Crippen LogP contribution in [-0.4, -0.2) is 32.5 Å². The molecule has 7 heteroatoms. The zero-order chi connectivity index (χ0) is 17.2. The quantitative estimate of drug-likeness (QED) is 0.816. The summed E-state index contributed by atoms with van der Waals surface area (Å²) < 4.78 is 35.7. The minimum atomic E-state index is -3.27. The van der Waals surface area contributed by atoms with Crippen LogP contribution < -0.4 is 10.3 Å². The van der Waals surface area contributed by atoms with E-state index in [0.29, 0.717) is 25.5 Å². The van der Waals surface area contributed by atoms with E-state index >= 15 is 0 Å². The maximum atomic E-state index is 12.1. The number of hydrogen-bond acceptors (Lipinski definition) is 5. The second-order valence-corrected chi connectivity index (χ2v) is 7.77. The van der Waals surface area contributed by atoms with Crippen LogP contribution in [-0.2, 0) is 34.1 Å². The molecule has 1 aliphatic heterocycles. The van der Waals surface area contributed by atoms with Gasteiger partial charge in [0.25, 0.3) is 5.56 Å². The Balaban J connectivity index is 1.68. The highest BCUT2D eigenvalue weighted by atomic mass is 32.2. The molecule has 0 N–H and O–H groups in total. The summed E-state index contributed by atoms with van der Waals surface area (Å²) in [4.78, 5) is 12.3. The summed E-state index contributed by atoms with van der Waals surface area (Å²) >= 11 is 0. The van der Waals surface area contributed by atoms with Crippen molar-refractivity contribution in [2.45, 2.75) is 24.5 Å². The summed E-state index contributed by atoms with van der Waals surface area (Å²) in [6, 6.07) is 7.99. The van der Waals surface area contributed by atoms with Gasteiger partial charge in [0.15, 0.2) is 9.84 Å². The van der Waals surface area contributed by atoms with Crippen molar-refractivity contribution in [3.63, 3.8) is 0 Å². The molecule has 2 aromatic rings. The van der Waals surface area contributed by atoms with Crippen LogP contribution in [0.25, 0.3) is 0 Å². The number of fused-ring (bicyclic) bond motifs is 1. The molecular formula is C17H19NO5S. The van der Waals surface area contributed by atoms with Gasteiger partial charge in [-0.25, -0.2) is 8.42 Å². The third-order valence-electron chi connectivity index (χ3n) is 3.91. The highest BCUT2D eigenvalue weighted by Gasteiger charge is 2.12. The van der Waals surface area contributed by atoms with E-state index in [1.165, 1.54) is 12.1 Å². The lowest BCUT2D eigenvalue weighted by molar-refractivity contribution is 0.110. The summed E-state index contributed by atoms with van der Waals surface area (Å²) in [7, 11) is -3.27. The molecule has 0 atom stereocenters. The number of hydrogen-bond donors (Lipinski definition) is 0. The van der Waals surface area contributed by atoms with Gasteiger partial charge in [-0.15, -0.1) is 0 Å². The molecule has 24 heavy (non-hydrogen) atoms. The highest BCUT2D eigenvalue weighted by Crippen LogP contribution is 2.17. The van der Waals surface area contributed by atoms with Crippen LogP contribution in [0.1, 0.15) is 11.1 Å². The monoisotopic (exact) mass is 349 g/mol. The summed E-state index contributed by atoms with van der Waals surface area (Å²) in [6.07, 6.45) is 3.73. The molecule has 128 valence electrons. The van der Waals surface area contributed by atoms with Crippen molar-refractivity contribution < 1.29 is 17.9 Å². The summed E-state index contributed by atoms with van der Waals surface area (Å²) in [5, 5.41) is 0. The minimum absolute atomic E-state index is 0.0656. The molecule has 1 aromatic carbocycles. The molecule has 0 amide bonds. The van der Waals surface area contributed by atoms with Crippen LogP contribution in [0, 0.1) is 0 Å². The SMILES string of the molecule is CS(=O)(=O)c1cccc(OCCn2cc3c(cc2=O)CCOC3)c1. The lowest BCUT2D eigenvalue weighted by Crippen LogP contribution is -2.25. The van der Waals surface area contributed by atoms with E-state index in [2.05, 4.69) is 0 Å². The fourth-order valence-electron chi connectivity index (χ4n) is 2.62. The van der Waals surface area contributed by atoms with Gasteiger partial charge < -0.3 is 14.0 Å². The number of pyridine rings is 1. The minimum Gasteiger partial charge on any atom is -0.492 e. The lowest BCUT2D eigenvalue weighted by Gasteiger charge is -2.18. The largest absolute Gasteiger partial charge is 0.492 e. The Morgan fingerprint density at radius 3 is 2.88 bits per heavy atom. The number of aromatic nitrogens is 1. The van der Waals surface area contributed by atoms with E-state index in [1.54, 1.807) is 22.8 Å². The zero-order valence-electron chi connectivity index (χ0n) is 13.4. The Kier molecular flexibility index (Phi) is 4.73. The second-order valence-electron chi connectivity index (χ2n) is 5.75. The van der Waals surface area contributed by atoms with Crippen LogP contribution in [0.2, 0.25) is 0 Å². The molecule has 0 saturated carbocycles. The molecule has 0 unspecified atom stereocenters. The molecule has 3 rings (SSSR count). The third-order valence-corrected chi connectivity index (χ3v) is 5.02. The first kappa shape index (κ1) is 16.7. The smallest absolute Gasteiger partial charge is 0.250 e. The molecule has 0 radical (unpaired) electrons.